The molecule has 0 aliphatic carbocycles. The fourth-order valence-corrected chi connectivity index (χ4v) is 2.12. The zero-order valence-corrected chi connectivity index (χ0v) is 10.4. The van der Waals surface area contributed by atoms with Crippen LogP contribution in [0.1, 0.15) is 16.3 Å². The number of amides is 1. The van der Waals surface area contributed by atoms with E-state index < -0.39 is 5.91 Å². The van der Waals surface area contributed by atoms with Gasteiger partial charge >= 0.3 is 0 Å². The van der Waals surface area contributed by atoms with Gasteiger partial charge < -0.3 is 5.73 Å². The number of aromatic nitrogens is 3. The number of hydrogen-bond acceptors (Lipinski definition) is 3. The van der Waals surface area contributed by atoms with Crippen molar-refractivity contribution in [2.45, 2.75) is 6.92 Å². The summed E-state index contributed by atoms with van der Waals surface area (Å²) in [6.07, 6.45) is 0. The summed E-state index contributed by atoms with van der Waals surface area (Å²) in [6.45, 7) is 1.90. The van der Waals surface area contributed by atoms with Crippen LogP contribution in [0.5, 0.6) is 0 Å². The van der Waals surface area contributed by atoms with Crippen molar-refractivity contribution in [3.63, 3.8) is 0 Å². The molecule has 0 unspecified atom stereocenters. The highest BCUT2D eigenvalue weighted by Gasteiger charge is 2.11. The van der Waals surface area contributed by atoms with Gasteiger partial charge in [0.2, 0.25) is 0 Å². The zero-order valence-electron chi connectivity index (χ0n) is 10.4. The molecule has 2 aromatic heterocycles. The third-order valence-corrected chi connectivity index (χ3v) is 2.94. The summed E-state index contributed by atoms with van der Waals surface area (Å²) in [4.78, 5) is 20.0. The Morgan fingerprint density at radius 1 is 1.11 bits per heavy atom. The van der Waals surface area contributed by atoms with Gasteiger partial charge in [0.15, 0.2) is 0 Å². The lowest BCUT2D eigenvalue weighted by Crippen LogP contribution is -2.14. The Hall–Kier alpha value is -2.69. The van der Waals surface area contributed by atoms with E-state index in [4.69, 9.17) is 5.73 Å². The Labute approximate surface area is 109 Å². The summed E-state index contributed by atoms with van der Waals surface area (Å²) in [7, 11) is 0. The molecule has 0 atom stereocenters. The molecule has 2 N–H and O–H groups in total. The highest BCUT2D eigenvalue weighted by molar-refractivity contribution is 5.91. The molecule has 0 bridgehead atoms. The van der Waals surface area contributed by atoms with Crippen molar-refractivity contribution in [1.82, 2.24) is 14.5 Å². The van der Waals surface area contributed by atoms with Gasteiger partial charge in [-0.15, -0.1) is 0 Å². The molecular formula is C14H12N4O. The summed E-state index contributed by atoms with van der Waals surface area (Å²) < 4.78 is 1.90. The van der Waals surface area contributed by atoms with Crippen LogP contribution >= 0.6 is 0 Å². The maximum atomic E-state index is 11.2. The van der Waals surface area contributed by atoms with Gasteiger partial charge in [-0.1, -0.05) is 18.2 Å². The summed E-state index contributed by atoms with van der Waals surface area (Å²) in [5, 5.41) is 0. The van der Waals surface area contributed by atoms with Crippen LogP contribution in [0, 0.1) is 6.92 Å². The normalized spacial score (nSPS) is 10.8. The molecule has 5 heteroatoms. The van der Waals surface area contributed by atoms with Gasteiger partial charge in [0.25, 0.3) is 5.91 Å². The number of imidazole rings is 1. The van der Waals surface area contributed by atoms with E-state index in [1.54, 1.807) is 12.1 Å². The van der Waals surface area contributed by atoms with Crippen LogP contribution in [-0.2, 0) is 0 Å². The molecule has 0 aliphatic rings. The number of benzene rings is 1. The number of nitrogens with zero attached hydrogens (tertiary/aromatic N) is 3. The maximum absolute atomic E-state index is 11.2. The number of para-hydroxylation sites is 2. The number of aryl methyl sites for hydroxylation is 1. The predicted octanol–water partition coefficient (Wildman–Crippen LogP) is 1.83. The summed E-state index contributed by atoms with van der Waals surface area (Å²) in [6, 6.07) is 13.0. The average molecular weight is 252 g/mol. The number of pyridine rings is 1. The molecule has 0 spiro atoms. The van der Waals surface area contributed by atoms with E-state index in [9.17, 15) is 4.79 Å². The van der Waals surface area contributed by atoms with Crippen LogP contribution in [0.2, 0.25) is 0 Å². The van der Waals surface area contributed by atoms with Crippen LogP contribution in [-0.4, -0.2) is 20.4 Å². The largest absolute Gasteiger partial charge is 0.364 e. The van der Waals surface area contributed by atoms with E-state index in [-0.39, 0.29) is 5.69 Å². The molecule has 3 aromatic rings. The van der Waals surface area contributed by atoms with Crippen molar-refractivity contribution in [3.05, 3.63) is 54.0 Å². The molecule has 0 radical (unpaired) electrons. The summed E-state index contributed by atoms with van der Waals surface area (Å²) in [5.41, 5.74) is 7.35. The number of nitrogens with two attached hydrogens (primary N) is 1. The predicted molar refractivity (Wildman–Crippen MR) is 72.1 cm³/mol. The van der Waals surface area contributed by atoms with Crippen molar-refractivity contribution in [1.29, 1.82) is 0 Å². The van der Waals surface area contributed by atoms with Gasteiger partial charge in [-0.05, 0) is 31.2 Å². The van der Waals surface area contributed by atoms with Crippen molar-refractivity contribution in [3.8, 4) is 5.82 Å². The molecular weight excluding hydrogens is 240 g/mol. The lowest BCUT2D eigenvalue weighted by atomic mass is 10.3. The molecule has 0 saturated heterocycles. The van der Waals surface area contributed by atoms with Crippen LogP contribution in [0.4, 0.5) is 0 Å². The topological polar surface area (TPSA) is 73.8 Å². The van der Waals surface area contributed by atoms with E-state index in [2.05, 4.69) is 9.97 Å². The Bertz CT molecular complexity index is 776. The molecule has 94 valence electrons. The van der Waals surface area contributed by atoms with Gasteiger partial charge in [-0.3, -0.25) is 9.36 Å². The number of hydrogen-bond donors (Lipinski definition) is 1. The number of rotatable bonds is 2. The maximum Gasteiger partial charge on any atom is 0.267 e. The molecule has 2 heterocycles. The Kier molecular flexibility index (Phi) is 2.52. The first-order chi connectivity index (χ1) is 9.16. The Morgan fingerprint density at radius 2 is 1.89 bits per heavy atom. The van der Waals surface area contributed by atoms with Gasteiger partial charge in [-0.25, -0.2) is 9.97 Å². The van der Waals surface area contributed by atoms with Crippen molar-refractivity contribution in [2.75, 3.05) is 0 Å². The van der Waals surface area contributed by atoms with Crippen molar-refractivity contribution < 1.29 is 4.79 Å². The quantitative estimate of drug-likeness (QED) is 0.756. The van der Waals surface area contributed by atoms with Gasteiger partial charge in [0.05, 0.1) is 11.0 Å². The second kappa shape index (κ2) is 4.20. The first-order valence-corrected chi connectivity index (χ1v) is 5.88. The van der Waals surface area contributed by atoms with E-state index in [0.29, 0.717) is 5.82 Å². The molecule has 0 aliphatic heterocycles. The highest BCUT2D eigenvalue weighted by Crippen LogP contribution is 2.19. The van der Waals surface area contributed by atoms with Crippen molar-refractivity contribution >= 4 is 16.9 Å². The molecule has 1 aromatic carbocycles. The SMILES string of the molecule is Cc1nc2ccccc2n1-c1cccc(C(N)=O)n1. The smallest absolute Gasteiger partial charge is 0.267 e. The summed E-state index contributed by atoms with van der Waals surface area (Å²) in [5.74, 6) is 0.918. The Morgan fingerprint density at radius 3 is 2.68 bits per heavy atom. The van der Waals surface area contributed by atoms with Crippen LogP contribution in [0.25, 0.3) is 16.9 Å². The number of carbonyl (C=O) groups is 1. The minimum atomic E-state index is -0.538. The molecule has 3 rings (SSSR count). The fraction of sp³-hybridized carbons (Fsp3) is 0.0714. The highest BCUT2D eigenvalue weighted by atomic mass is 16.1. The minimum Gasteiger partial charge on any atom is -0.364 e. The first-order valence-electron chi connectivity index (χ1n) is 5.88. The number of carbonyl (C=O) groups excluding carboxylic acids is 1. The number of fused-ring (bicyclic) bond motifs is 1. The second-order valence-electron chi connectivity index (χ2n) is 4.23. The van der Waals surface area contributed by atoms with Gasteiger partial charge in [0.1, 0.15) is 17.3 Å². The third kappa shape index (κ3) is 1.85. The van der Waals surface area contributed by atoms with Crippen LogP contribution < -0.4 is 5.73 Å². The summed E-state index contributed by atoms with van der Waals surface area (Å²) >= 11 is 0. The number of primary amides is 1. The first kappa shape index (κ1) is 11.4. The lowest BCUT2D eigenvalue weighted by molar-refractivity contribution is 0.0995. The molecule has 1 amide bonds. The standard InChI is InChI=1S/C14H12N4O/c1-9-16-10-5-2-3-7-12(10)18(9)13-8-4-6-11(17-13)14(15)19/h2-8H,1H3,(H2,15,19). The third-order valence-electron chi connectivity index (χ3n) is 2.94. The van der Waals surface area contributed by atoms with Gasteiger partial charge in [0, 0.05) is 0 Å². The van der Waals surface area contributed by atoms with Gasteiger partial charge in [-0.2, -0.15) is 0 Å². The zero-order chi connectivity index (χ0) is 13.4. The fourth-order valence-electron chi connectivity index (χ4n) is 2.12. The molecule has 5 nitrogen and oxygen atoms in total. The van der Waals surface area contributed by atoms with E-state index in [1.807, 2.05) is 41.8 Å². The van der Waals surface area contributed by atoms with Crippen LogP contribution in [0.3, 0.4) is 0 Å². The minimum absolute atomic E-state index is 0.245. The van der Waals surface area contributed by atoms with E-state index in [0.717, 1.165) is 16.9 Å². The monoisotopic (exact) mass is 252 g/mol. The molecule has 0 fully saturated rings. The van der Waals surface area contributed by atoms with E-state index >= 15 is 0 Å². The van der Waals surface area contributed by atoms with Crippen LogP contribution in [0.15, 0.2) is 42.5 Å². The lowest BCUT2D eigenvalue weighted by Gasteiger charge is -2.06. The van der Waals surface area contributed by atoms with Crippen molar-refractivity contribution in [2.24, 2.45) is 5.73 Å². The molecule has 19 heavy (non-hydrogen) atoms. The molecule has 0 saturated carbocycles. The average Bonchev–Trinajstić information content (AvgIpc) is 2.74. The Balaban J connectivity index is 2.27. The second-order valence-corrected chi connectivity index (χ2v) is 4.23. The van der Waals surface area contributed by atoms with E-state index in [1.165, 1.54) is 0 Å².